The first-order valence-electron chi connectivity index (χ1n) is 12.5. The van der Waals surface area contributed by atoms with E-state index in [9.17, 15) is 13.6 Å². The summed E-state index contributed by atoms with van der Waals surface area (Å²) >= 11 is 1.32. The van der Waals surface area contributed by atoms with E-state index in [-0.39, 0.29) is 12.4 Å². The van der Waals surface area contributed by atoms with Gasteiger partial charge in [-0.25, -0.2) is 9.50 Å². The lowest BCUT2D eigenvalue weighted by atomic mass is 10.1. The van der Waals surface area contributed by atoms with Gasteiger partial charge in [0.15, 0.2) is 5.76 Å². The van der Waals surface area contributed by atoms with E-state index >= 15 is 0 Å². The minimum Gasteiger partial charge on any atom is -0.496 e. The summed E-state index contributed by atoms with van der Waals surface area (Å²) in [5.74, 6) is 1.21. The van der Waals surface area contributed by atoms with Crippen molar-refractivity contribution in [3.05, 3.63) is 84.1 Å². The third-order valence-electron chi connectivity index (χ3n) is 6.18. The number of aromatic nitrogens is 3. The number of alkyl halides is 2. The van der Waals surface area contributed by atoms with Crippen LogP contribution in [0, 0.1) is 0 Å². The Bertz CT molecular complexity index is 1850. The first kappa shape index (κ1) is 27.0. The fourth-order valence-electron chi connectivity index (χ4n) is 4.22. The minimum absolute atomic E-state index is 0.0282. The van der Waals surface area contributed by atoms with Gasteiger partial charge < -0.3 is 28.7 Å². The van der Waals surface area contributed by atoms with Crippen LogP contribution in [0.1, 0.15) is 15.9 Å². The number of halogens is 2. The van der Waals surface area contributed by atoms with Gasteiger partial charge in [0.05, 0.1) is 25.8 Å². The number of nitrogens with one attached hydrogen (secondary N) is 1. The van der Waals surface area contributed by atoms with E-state index < -0.39 is 12.5 Å². The van der Waals surface area contributed by atoms with Gasteiger partial charge in [-0.3, -0.25) is 4.79 Å². The van der Waals surface area contributed by atoms with Gasteiger partial charge in [0.2, 0.25) is 4.96 Å². The van der Waals surface area contributed by atoms with Crippen LogP contribution >= 0.6 is 11.3 Å². The van der Waals surface area contributed by atoms with E-state index in [1.54, 1.807) is 55.3 Å². The Balaban J connectivity index is 1.18. The zero-order valence-corrected chi connectivity index (χ0v) is 23.0. The number of furan rings is 1. The van der Waals surface area contributed by atoms with E-state index in [0.717, 1.165) is 10.9 Å². The summed E-state index contributed by atoms with van der Waals surface area (Å²) in [7, 11) is 3.11. The molecule has 10 nitrogen and oxygen atoms in total. The third kappa shape index (κ3) is 5.67. The fourth-order valence-corrected chi connectivity index (χ4v) is 4.92. The third-order valence-corrected chi connectivity index (χ3v) is 7.07. The lowest BCUT2D eigenvalue weighted by molar-refractivity contribution is -0.0498. The van der Waals surface area contributed by atoms with Crippen molar-refractivity contribution in [3.8, 4) is 33.9 Å². The molecule has 0 aliphatic rings. The second-order valence-corrected chi connectivity index (χ2v) is 9.84. The number of anilines is 1. The Morgan fingerprint density at radius 3 is 2.62 bits per heavy atom. The second-order valence-electron chi connectivity index (χ2n) is 8.92. The maximum Gasteiger partial charge on any atom is 0.387 e. The van der Waals surface area contributed by atoms with Crippen molar-refractivity contribution in [1.82, 2.24) is 14.6 Å². The number of amides is 1. The molecule has 6 rings (SSSR count). The molecule has 0 aliphatic heterocycles. The van der Waals surface area contributed by atoms with Crippen LogP contribution in [0.4, 0.5) is 14.5 Å². The van der Waals surface area contributed by atoms with Crippen LogP contribution in [0.3, 0.4) is 0 Å². The van der Waals surface area contributed by atoms with Crippen LogP contribution in [0.25, 0.3) is 27.4 Å². The molecule has 0 saturated heterocycles. The maximum absolute atomic E-state index is 12.7. The molecule has 0 saturated carbocycles. The number of carbonyl (C=O) groups excluding carboxylic acids is 1. The monoisotopic (exact) mass is 592 g/mol. The number of nitrogens with zero attached hydrogens (tertiary/aromatic N) is 3. The number of benzene rings is 3. The number of ether oxygens (including phenoxy) is 4. The first-order valence-corrected chi connectivity index (χ1v) is 13.3. The number of hydrogen-bond acceptors (Lipinski definition) is 9. The second kappa shape index (κ2) is 11.4. The normalized spacial score (nSPS) is 11.3. The van der Waals surface area contributed by atoms with Crippen LogP contribution in [0.5, 0.6) is 22.4 Å². The van der Waals surface area contributed by atoms with E-state index in [2.05, 4.69) is 20.1 Å². The number of fused-ring (bicyclic) bond motifs is 2. The van der Waals surface area contributed by atoms with Crippen molar-refractivity contribution in [1.29, 1.82) is 0 Å². The lowest BCUT2D eigenvalue weighted by Crippen LogP contribution is -2.12. The molecule has 0 atom stereocenters. The van der Waals surface area contributed by atoms with Crippen LogP contribution in [0.15, 0.2) is 77.3 Å². The molecule has 1 N–H and O–H groups in total. The Morgan fingerprint density at radius 2 is 1.88 bits per heavy atom. The number of imidazole rings is 1. The Morgan fingerprint density at radius 1 is 1.05 bits per heavy atom. The summed E-state index contributed by atoms with van der Waals surface area (Å²) in [5.41, 5.74) is 2.80. The molecule has 13 heteroatoms. The maximum atomic E-state index is 12.7. The molecule has 6 aromatic rings. The van der Waals surface area contributed by atoms with E-state index in [0.29, 0.717) is 49.9 Å². The van der Waals surface area contributed by atoms with Crippen molar-refractivity contribution < 1.29 is 36.9 Å². The molecule has 0 aliphatic carbocycles. The lowest BCUT2D eigenvalue weighted by Gasteiger charge is -2.11. The Hall–Kier alpha value is -5.17. The molecule has 0 radical (unpaired) electrons. The van der Waals surface area contributed by atoms with Crippen molar-refractivity contribution in [2.45, 2.75) is 13.2 Å². The molecular weight excluding hydrogens is 570 g/mol. The first-order chi connectivity index (χ1) is 20.4. The van der Waals surface area contributed by atoms with Crippen molar-refractivity contribution >= 4 is 38.9 Å². The average molecular weight is 593 g/mol. The molecule has 0 spiro atoms. The molecular formula is C29H22F2N4O6S. The molecule has 3 aromatic heterocycles. The highest BCUT2D eigenvalue weighted by Gasteiger charge is 2.17. The summed E-state index contributed by atoms with van der Waals surface area (Å²) < 4.78 is 53.6. The van der Waals surface area contributed by atoms with E-state index in [1.165, 1.54) is 35.6 Å². The molecule has 0 fully saturated rings. The number of rotatable bonds is 10. The van der Waals surface area contributed by atoms with E-state index in [1.807, 2.05) is 12.1 Å². The van der Waals surface area contributed by atoms with E-state index in [4.69, 9.17) is 18.6 Å². The summed E-state index contributed by atoms with van der Waals surface area (Å²) in [5, 5.41) is 8.35. The molecule has 1 amide bonds. The van der Waals surface area contributed by atoms with Crippen LogP contribution < -0.4 is 24.3 Å². The molecule has 3 aromatic carbocycles. The standard InChI is InChI=1S/C29H22F2N4O6S/c1-37-20-11-23(21-13-25(41-24(21)12-20)22-14-35-28(33-22)42-29(34-35)38-2)39-15-16-4-3-5-18(10-16)32-26(36)17-6-8-19(9-7-17)40-27(30)31/h3-14,27H,15H2,1-2H3,(H,32,36). The zero-order chi connectivity index (χ0) is 29.2. The summed E-state index contributed by atoms with van der Waals surface area (Å²) in [4.78, 5) is 17.9. The SMILES string of the molecule is COc1cc(OCc2cccc(NC(=O)c3ccc(OC(F)F)cc3)c2)c2cc(-c3cn4nc(OC)sc4n3)oc2c1. The largest absolute Gasteiger partial charge is 0.496 e. The Labute approximate surface area is 241 Å². The number of hydrogen-bond donors (Lipinski definition) is 1. The topological polar surface area (TPSA) is 109 Å². The highest BCUT2D eigenvalue weighted by Crippen LogP contribution is 2.37. The minimum atomic E-state index is -2.94. The number of carbonyl (C=O) groups is 1. The fraction of sp³-hybridized carbons (Fsp3) is 0.138. The molecule has 0 unspecified atom stereocenters. The van der Waals surface area contributed by atoms with Crippen LogP contribution in [0.2, 0.25) is 0 Å². The van der Waals surface area contributed by atoms with Crippen molar-refractivity contribution in [3.63, 3.8) is 0 Å². The molecule has 3 heterocycles. The van der Waals surface area contributed by atoms with Gasteiger partial charge in [-0.1, -0.05) is 12.1 Å². The van der Waals surface area contributed by atoms with Gasteiger partial charge in [0.1, 0.15) is 35.1 Å². The summed E-state index contributed by atoms with van der Waals surface area (Å²) in [6.07, 6.45) is 1.76. The van der Waals surface area contributed by atoms with Crippen LogP contribution in [-0.4, -0.2) is 41.3 Å². The highest BCUT2D eigenvalue weighted by molar-refractivity contribution is 7.18. The molecule has 0 bridgehead atoms. The highest BCUT2D eigenvalue weighted by atomic mass is 32.1. The Kier molecular flexibility index (Phi) is 7.32. The molecule has 42 heavy (non-hydrogen) atoms. The van der Waals surface area contributed by atoms with Gasteiger partial charge in [0.25, 0.3) is 11.1 Å². The van der Waals surface area contributed by atoms with Gasteiger partial charge in [-0.05, 0) is 59.4 Å². The van der Waals surface area contributed by atoms with Gasteiger partial charge in [-0.15, -0.1) is 5.10 Å². The van der Waals surface area contributed by atoms with Gasteiger partial charge in [-0.2, -0.15) is 8.78 Å². The van der Waals surface area contributed by atoms with Crippen molar-refractivity contribution in [2.75, 3.05) is 19.5 Å². The summed E-state index contributed by atoms with van der Waals surface area (Å²) in [6.45, 7) is -2.74. The van der Waals surface area contributed by atoms with Gasteiger partial charge >= 0.3 is 6.61 Å². The van der Waals surface area contributed by atoms with Gasteiger partial charge in [0, 0.05) is 23.4 Å². The van der Waals surface area contributed by atoms with Crippen LogP contribution in [-0.2, 0) is 6.61 Å². The predicted molar refractivity (Wildman–Crippen MR) is 151 cm³/mol. The molecule has 214 valence electrons. The van der Waals surface area contributed by atoms with Crippen molar-refractivity contribution in [2.24, 2.45) is 0 Å². The smallest absolute Gasteiger partial charge is 0.387 e. The predicted octanol–water partition coefficient (Wildman–Crippen LogP) is 6.65. The quantitative estimate of drug-likeness (QED) is 0.188. The average Bonchev–Trinajstić information content (AvgIpc) is 3.69. The summed E-state index contributed by atoms with van der Waals surface area (Å²) in [6, 6.07) is 18.0. The zero-order valence-electron chi connectivity index (χ0n) is 22.2. The number of methoxy groups -OCH3 is 2.